The minimum absolute atomic E-state index is 0.514. The number of hydrogen-bond acceptors (Lipinski definition) is 4. The fraction of sp³-hybridized carbons (Fsp3) is 0.250. The van der Waals surface area contributed by atoms with Gasteiger partial charge in [-0.25, -0.2) is 4.98 Å². The van der Waals surface area contributed by atoms with Gasteiger partial charge >= 0.3 is 0 Å². The van der Waals surface area contributed by atoms with Gasteiger partial charge in [0.1, 0.15) is 10.9 Å². The fourth-order valence-electron chi connectivity index (χ4n) is 1.68. The van der Waals surface area contributed by atoms with Crippen molar-refractivity contribution in [3.63, 3.8) is 0 Å². The van der Waals surface area contributed by atoms with E-state index < -0.39 is 0 Å². The molecule has 5 heteroatoms. The first kappa shape index (κ1) is 12.2. The van der Waals surface area contributed by atoms with Crippen molar-refractivity contribution in [2.24, 2.45) is 0 Å². The molecular weight excluding hydrogens is 258 g/mol. The van der Waals surface area contributed by atoms with Crippen molar-refractivity contribution < 1.29 is 9.47 Å². The summed E-state index contributed by atoms with van der Waals surface area (Å²) >= 11 is 7.65. The second-order valence-corrected chi connectivity index (χ2v) is 4.69. The van der Waals surface area contributed by atoms with E-state index >= 15 is 0 Å². The van der Waals surface area contributed by atoms with Crippen molar-refractivity contribution in [1.29, 1.82) is 0 Å². The summed E-state index contributed by atoms with van der Waals surface area (Å²) in [6, 6.07) is 0. The second kappa shape index (κ2) is 4.94. The number of aryl methyl sites for hydroxylation is 1. The van der Waals surface area contributed by atoms with Crippen LogP contribution in [0.3, 0.4) is 0 Å². The summed E-state index contributed by atoms with van der Waals surface area (Å²) in [6.45, 7) is 1.91. The van der Waals surface area contributed by atoms with E-state index in [4.69, 9.17) is 21.1 Å². The van der Waals surface area contributed by atoms with Gasteiger partial charge in [0.15, 0.2) is 0 Å². The quantitative estimate of drug-likeness (QED) is 0.626. The Labute approximate surface area is 109 Å². The van der Waals surface area contributed by atoms with Gasteiger partial charge in [-0.05, 0) is 13.0 Å². The maximum Gasteiger partial charge on any atom is 0.147 e. The average molecular weight is 270 g/mol. The van der Waals surface area contributed by atoms with Gasteiger partial charge in [-0.3, -0.25) is 0 Å². The molecule has 0 saturated carbocycles. The molecule has 0 aromatic carbocycles. The Morgan fingerprint density at radius 2 is 2.18 bits per heavy atom. The minimum Gasteiger partial charge on any atom is -0.504 e. The normalized spacial score (nSPS) is 11.3. The maximum atomic E-state index is 6.13. The van der Waals surface area contributed by atoms with Gasteiger partial charge in [0.2, 0.25) is 0 Å². The van der Waals surface area contributed by atoms with E-state index in [1.807, 2.05) is 18.4 Å². The van der Waals surface area contributed by atoms with Crippen LogP contribution in [0.5, 0.6) is 5.75 Å². The van der Waals surface area contributed by atoms with Crippen LogP contribution < -0.4 is 4.74 Å². The molecule has 0 bridgehead atoms. The van der Waals surface area contributed by atoms with E-state index in [9.17, 15) is 0 Å². The first-order valence-corrected chi connectivity index (χ1v) is 6.25. The van der Waals surface area contributed by atoms with Crippen LogP contribution in [0.4, 0.5) is 0 Å². The summed E-state index contributed by atoms with van der Waals surface area (Å²) < 4.78 is 11.2. The number of hydrogen-bond donors (Lipinski definition) is 0. The second-order valence-electron chi connectivity index (χ2n) is 3.45. The number of thiophene rings is 1. The molecule has 0 radical (unpaired) electrons. The number of nitrogens with zero attached hydrogens (tertiary/aromatic N) is 1. The zero-order valence-electron chi connectivity index (χ0n) is 9.78. The number of aromatic nitrogens is 1. The van der Waals surface area contributed by atoms with Crippen molar-refractivity contribution in [1.82, 2.24) is 4.98 Å². The summed E-state index contributed by atoms with van der Waals surface area (Å²) in [5, 5.41) is 3.44. The third-order valence-corrected chi connectivity index (χ3v) is 3.81. The third-order valence-electron chi connectivity index (χ3n) is 2.46. The van der Waals surface area contributed by atoms with Gasteiger partial charge in [0, 0.05) is 22.0 Å². The molecule has 90 valence electrons. The predicted octanol–water partition coefficient (Wildman–Crippen LogP) is 3.88. The van der Waals surface area contributed by atoms with Crippen molar-refractivity contribution in [3.8, 4) is 5.75 Å². The Hall–Kier alpha value is -1.26. The summed E-state index contributed by atoms with van der Waals surface area (Å²) in [7, 11) is 3.26. The molecular formula is C12H12ClNO2S. The Morgan fingerprint density at radius 3 is 2.82 bits per heavy atom. The van der Waals surface area contributed by atoms with Crippen LogP contribution in [0.15, 0.2) is 11.6 Å². The van der Waals surface area contributed by atoms with Gasteiger partial charge in [-0.15, -0.1) is 11.3 Å². The molecule has 0 aliphatic carbocycles. The number of methoxy groups -OCH3 is 2. The van der Waals surface area contributed by atoms with Crippen molar-refractivity contribution >= 4 is 39.1 Å². The van der Waals surface area contributed by atoms with Crippen LogP contribution in [0.1, 0.15) is 11.3 Å². The average Bonchev–Trinajstić information content (AvgIpc) is 2.73. The molecule has 2 heterocycles. The van der Waals surface area contributed by atoms with Gasteiger partial charge in [0.25, 0.3) is 0 Å². The Morgan fingerprint density at radius 1 is 1.41 bits per heavy atom. The van der Waals surface area contributed by atoms with Crippen LogP contribution in [0, 0.1) is 6.92 Å². The van der Waals surface area contributed by atoms with Crippen LogP contribution in [0.25, 0.3) is 16.2 Å². The monoisotopic (exact) mass is 269 g/mol. The summed E-state index contributed by atoms with van der Waals surface area (Å²) in [5.74, 6) is 0.813. The highest BCUT2D eigenvalue weighted by atomic mass is 35.5. The highest BCUT2D eigenvalue weighted by Gasteiger charge is 2.14. The minimum atomic E-state index is 0.514. The number of pyridine rings is 1. The largest absolute Gasteiger partial charge is 0.504 e. The molecule has 0 aliphatic rings. The summed E-state index contributed by atoms with van der Waals surface area (Å²) in [5.41, 5.74) is 1.83. The molecule has 0 atom stereocenters. The first-order valence-electron chi connectivity index (χ1n) is 4.99. The topological polar surface area (TPSA) is 31.4 Å². The van der Waals surface area contributed by atoms with Crippen LogP contribution in [-0.4, -0.2) is 19.2 Å². The number of halogens is 1. The molecule has 0 N–H and O–H groups in total. The number of ether oxygens (including phenoxy) is 2. The SMILES string of the molecule is CO/C=C/c1c(C)nc(Cl)c2scc(OC)c12. The van der Waals surface area contributed by atoms with Crippen molar-refractivity contribution in [2.75, 3.05) is 14.2 Å². The first-order chi connectivity index (χ1) is 8.19. The van der Waals surface area contributed by atoms with Gasteiger partial charge in [0.05, 0.1) is 25.2 Å². The lowest BCUT2D eigenvalue weighted by Crippen LogP contribution is -1.91. The van der Waals surface area contributed by atoms with E-state index in [1.165, 1.54) is 11.3 Å². The third kappa shape index (κ3) is 2.10. The predicted molar refractivity (Wildman–Crippen MR) is 72.0 cm³/mol. The van der Waals surface area contributed by atoms with E-state index in [0.29, 0.717) is 5.15 Å². The molecule has 2 aromatic rings. The molecule has 3 nitrogen and oxygen atoms in total. The van der Waals surface area contributed by atoms with E-state index in [-0.39, 0.29) is 0 Å². The van der Waals surface area contributed by atoms with Crippen molar-refractivity contribution in [2.45, 2.75) is 6.92 Å². The molecule has 2 aromatic heterocycles. The molecule has 17 heavy (non-hydrogen) atoms. The Bertz CT molecular complexity index is 577. The zero-order chi connectivity index (χ0) is 12.4. The Balaban J connectivity index is 2.78. The van der Waals surface area contributed by atoms with E-state index in [1.54, 1.807) is 20.5 Å². The molecule has 0 amide bonds. The van der Waals surface area contributed by atoms with E-state index in [2.05, 4.69) is 4.98 Å². The lowest BCUT2D eigenvalue weighted by Gasteiger charge is -2.06. The van der Waals surface area contributed by atoms with Gasteiger partial charge < -0.3 is 9.47 Å². The molecule has 0 spiro atoms. The van der Waals surface area contributed by atoms with Crippen LogP contribution in [0.2, 0.25) is 5.15 Å². The van der Waals surface area contributed by atoms with Crippen LogP contribution >= 0.6 is 22.9 Å². The number of fused-ring (bicyclic) bond motifs is 1. The van der Waals surface area contributed by atoms with Gasteiger partial charge in [-0.2, -0.15) is 0 Å². The lowest BCUT2D eigenvalue weighted by molar-refractivity contribution is 0.341. The molecule has 0 aliphatic heterocycles. The molecule has 2 rings (SSSR count). The molecule has 0 unspecified atom stereocenters. The Kier molecular flexibility index (Phi) is 3.54. The van der Waals surface area contributed by atoms with E-state index in [0.717, 1.165) is 27.1 Å². The highest BCUT2D eigenvalue weighted by molar-refractivity contribution is 7.18. The number of rotatable bonds is 3. The standard InChI is InChI=1S/C12H12ClNO2S/c1-7-8(4-5-15-2)10-9(16-3)6-17-11(10)12(13)14-7/h4-6H,1-3H3/b5-4+. The maximum absolute atomic E-state index is 6.13. The smallest absolute Gasteiger partial charge is 0.147 e. The van der Waals surface area contributed by atoms with Crippen LogP contribution in [-0.2, 0) is 4.74 Å². The highest BCUT2D eigenvalue weighted by Crippen LogP contribution is 2.39. The molecule has 0 saturated heterocycles. The lowest BCUT2D eigenvalue weighted by atomic mass is 10.1. The zero-order valence-corrected chi connectivity index (χ0v) is 11.4. The summed E-state index contributed by atoms with van der Waals surface area (Å²) in [6.07, 6.45) is 3.49. The van der Waals surface area contributed by atoms with Crippen molar-refractivity contribution in [3.05, 3.63) is 28.1 Å². The molecule has 0 fully saturated rings. The fourth-order valence-corrected chi connectivity index (χ4v) is 2.94. The van der Waals surface area contributed by atoms with Gasteiger partial charge in [-0.1, -0.05) is 11.6 Å². The summed E-state index contributed by atoms with van der Waals surface area (Å²) in [4.78, 5) is 4.32.